The summed E-state index contributed by atoms with van der Waals surface area (Å²) in [6.45, 7) is 0.543. The van der Waals surface area contributed by atoms with Crippen molar-refractivity contribution in [1.82, 2.24) is 0 Å². The van der Waals surface area contributed by atoms with Crippen LogP contribution in [-0.2, 0) is 11.3 Å². The van der Waals surface area contributed by atoms with Gasteiger partial charge in [-0.05, 0) is 45.7 Å². The van der Waals surface area contributed by atoms with E-state index in [0.717, 1.165) is 33.2 Å². The fourth-order valence-electron chi connectivity index (χ4n) is 4.33. The third-order valence-corrected chi connectivity index (χ3v) is 5.72. The maximum Gasteiger partial charge on any atom is 0.228 e. The molecule has 0 saturated heterocycles. The molecule has 0 spiro atoms. The highest BCUT2D eigenvalue weighted by molar-refractivity contribution is 6.03. The Bertz CT molecular complexity index is 1180. The molecule has 142 valence electrons. The first-order chi connectivity index (χ1) is 14.2. The van der Waals surface area contributed by atoms with E-state index in [2.05, 4.69) is 18.2 Å². The van der Waals surface area contributed by atoms with E-state index in [1.807, 2.05) is 53.4 Å². The third-order valence-electron chi connectivity index (χ3n) is 5.72. The Morgan fingerprint density at radius 2 is 1.55 bits per heavy atom. The Labute approximate surface area is 169 Å². The van der Waals surface area contributed by atoms with Crippen LogP contribution in [0.1, 0.15) is 29.0 Å². The number of nitrogens with zero attached hydrogens (tertiary/aromatic N) is 1. The Balaban J connectivity index is 1.69. The highest BCUT2D eigenvalue weighted by atomic mass is 19.1. The van der Waals surface area contributed by atoms with Crippen molar-refractivity contribution in [2.75, 3.05) is 4.90 Å². The summed E-state index contributed by atoms with van der Waals surface area (Å²) in [5, 5.41) is 2.29. The fourth-order valence-corrected chi connectivity index (χ4v) is 4.33. The maximum atomic E-state index is 13.5. The molecule has 4 aromatic carbocycles. The van der Waals surface area contributed by atoms with Gasteiger partial charge in [-0.15, -0.1) is 0 Å². The number of carbonyl (C=O) groups excluding carboxylic acids is 1. The summed E-state index contributed by atoms with van der Waals surface area (Å²) in [7, 11) is 0. The van der Waals surface area contributed by atoms with Crippen LogP contribution >= 0.6 is 0 Å². The molecule has 29 heavy (non-hydrogen) atoms. The van der Waals surface area contributed by atoms with Gasteiger partial charge in [0.2, 0.25) is 5.91 Å². The van der Waals surface area contributed by atoms with E-state index >= 15 is 0 Å². The molecule has 3 heteroatoms. The number of rotatable bonds is 3. The van der Waals surface area contributed by atoms with Crippen LogP contribution in [0.25, 0.3) is 10.8 Å². The Hall–Kier alpha value is -3.46. The van der Waals surface area contributed by atoms with E-state index in [-0.39, 0.29) is 17.6 Å². The molecule has 0 aromatic heterocycles. The van der Waals surface area contributed by atoms with Gasteiger partial charge in [-0.1, -0.05) is 72.8 Å². The summed E-state index contributed by atoms with van der Waals surface area (Å²) in [4.78, 5) is 15.1. The Morgan fingerprint density at radius 3 is 2.34 bits per heavy atom. The molecule has 4 aromatic rings. The van der Waals surface area contributed by atoms with Gasteiger partial charge in [0.15, 0.2) is 0 Å². The van der Waals surface area contributed by atoms with Crippen LogP contribution in [0.15, 0.2) is 91.0 Å². The largest absolute Gasteiger partial charge is 0.308 e. The highest BCUT2D eigenvalue weighted by Gasteiger charge is 2.33. The molecule has 0 saturated carbocycles. The van der Waals surface area contributed by atoms with Crippen LogP contribution in [0.3, 0.4) is 0 Å². The first-order valence-electron chi connectivity index (χ1n) is 9.82. The molecular weight excluding hydrogens is 361 g/mol. The standard InChI is InChI=1S/C26H20FNO/c27-21-13-10-20(11-14-21)23-16-25(29)28(17-18-6-2-1-3-7-18)24-15-12-19-8-4-5-9-22(19)26(23)24/h1-15,23H,16-17H2. The lowest BCUT2D eigenvalue weighted by Gasteiger charge is -2.35. The van der Waals surface area contributed by atoms with Crippen molar-refractivity contribution in [3.05, 3.63) is 114 Å². The van der Waals surface area contributed by atoms with Gasteiger partial charge in [0, 0.05) is 18.0 Å². The van der Waals surface area contributed by atoms with Gasteiger partial charge in [0.1, 0.15) is 5.82 Å². The molecule has 2 nitrogen and oxygen atoms in total. The minimum Gasteiger partial charge on any atom is -0.308 e. The monoisotopic (exact) mass is 381 g/mol. The second kappa shape index (κ2) is 7.17. The minimum atomic E-state index is -0.264. The molecule has 0 bridgehead atoms. The lowest BCUT2D eigenvalue weighted by molar-refractivity contribution is -0.119. The smallest absolute Gasteiger partial charge is 0.228 e. The second-order valence-corrected chi connectivity index (χ2v) is 7.49. The predicted molar refractivity (Wildman–Crippen MR) is 114 cm³/mol. The Morgan fingerprint density at radius 1 is 0.828 bits per heavy atom. The molecule has 1 unspecified atom stereocenters. The maximum absolute atomic E-state index is 13.5. The van der Waals surface area contributed by atoms with Gasteiger partial charge in [-0.25, -0.2) is 4.39 Å². The lowest BCUT2D eigenvalue weighted by Crippen LogP contribution is -2.36. The quantitative estimate of drug-likeness (QED) is 0.423. The number of benzene rings is 4. The SMILES string of the molecule is O=C1CC(c2ccc(F)cc2)c2c(ccc3ccccc23)N1Cc1ccccc1. The van der Waals surface area contributed by atoms with E-state index in [9.17, 15) is 9.18 Å². The van der Waals surface area contributed by atoms with Crippen molar-refractivity contribution in [3.63, 3.8) is 0 Å². The average Bonchev–Trinajstić information content (AvgIpc) is 2.76. The molecular formula is C26H20FNO. The topological polar surface area (TPSA) is 20.3 Å². The van der Waals surface area contributed by atoms with Crippen LogP contribution in [0.2, 0.25) is 0 Å². The first-order valence-corrected chi connectivity index (χ1v) is 9.82. The predicted octanol–water partition coefficient (Wildman–Crippen LogP) is 6.05. The normalized spacial score (nSPS) is 16.1. The summed E-state index contributed by atoms with van der Waals surface area (Å²) in [5.74, 6) is -0.262. The molecule has 1 heterocycles. The van der Waals surface area contributed by atoms with E-state index in [0.29, 0.717) is 13.0 Å². The van der Waals surface area contributed by atoms with Crippen molar-refractivity contribution < 1.29 is 9.18 Å². The lowest BCUT2D eigenvalue weighted by atomic mass is 9.81. The van der Waals surface area contributed by atoms with E-state index in [4.69, 9.17) is 0 Å². The van der Waals surface area contributed by atoms with Gasteiger partial charge < -0.3 is 4.90 Å². The van der Waals surface area contributed by atoms with Crippen LogP contribution in [0.5, 0.6) is 0 Å². The van der Waals surface area contributed by atoms with Gasteiger partial charge in [0.25, 0.3) is 0 Å². The summed E-state index contributed by atoms with van der Waals surface area (Å²) in [6, 6.07) is 29.0. The molecule has 1 atom stereocenters. The van der Waals surface area contributed by atoms with Crippen molar-refractivity contribution >= 4 is 22.4 Å². The molecule has 1 aliphatic heterocycles. The molecule has 5 rings (SSSR count). The first kappa shape index (κ1) is 17.6. The minimum absolute atomic E-state index is 0.0868. The number of hydrogen-bond acceptors (Lipinski definition) is 1. The van der Waals surface area contributed by atoms with Gasteiger partial charge in [0.05, 0.1) is 6.54 Å². The van der Waals surface area contributed by atoms with E-state index in [1.165, 1.54) is 12.1 Å². The van der Waals surface area contributed by atoms with Gasteiger partial charge in [-0.3, -0.25) is 4.79 Å². The van der Waals surface area contributed by atoms with E-state index < -0.39 is 0 Å². The number of hydrogen-bond donors (Lipinski definition) is 0. The van der Waals surface area contributed by atoms with E-state index in [1.54, 1.807) is 12.1 Å². The highest BCUT2D eigenvalue weighted by Crippen LogP contribution is 2.44. The number of carbonyl (C=O) groups is 1. The van der Waals surface area contributed by atoms with Gasteiger partial charge >= 0.3 is 0 Å². The third kappa shape index (κ3) is 3.19. The Kier molecular flexibility index (Phi) is 4.36. The van der Waals surface area contributed by atoms with Crippen molar-refractivity contribution in [2.45, 2.75) is 18.9 Å². The van der Waals surface area contributed by atoms with Crippen molar-refractivity contribution in [1.29, 1.82) is 0 Å². The molecule has 0 fully saturated rings. The summed E-state index contributed by atoms with van der Waals surface area (Å²) >= 11 is 0. The molecule has 1 amide bonds. The zero-order chi connectivity index (χ0) is 19.8. The fraction of sp³-hybridized carbons (Fsp3) is 0.115. The van der Waals surface area contributed by atoms with Crippen LogP contribution < -0.4 is 4.90 Å². The van der Waals surface area contributed by atoms with Crippen LogP contribution in [0.4, 0.5) is 10.1 Å². The van der Waals surface area contributed by atoms with Gasteiger partial charge in [-0.2, -0.15) is 0 Å². The molecule has 0 radical (unpaired) electrons. The number of anilines is 1. The van der Waals surface area contributed by atoms with Crippen molar-refractivity contribution in [3.8, 4) is 0 Å². The molecule has 0 aliphatic carbocycles. The second-order valence-electron chi connectivity index (χ2n) is 7.49. The number of amides is 1. The average molecular weight is 381 g/mol. The van der Waals surface area contributed by atoms with Crippen LogP contribution in [0, 0.1) is 5.82 Å². The number of fused-ring (bicyclic) bond motifs is 3. The summed E-state index contributed by atoms with van der Waals surface area (Å²) in [5.41, 5.74) is 4.15. The number of halogens is 1. The summed E-state index contributed by atoms with van der Waals surface area (Å²) in [6.07, 6.45) is 0.374. The zero-order valence-corrected chi connectivity index (χ0v) is 15.9. The van der Waals surface area contributed by atoms with Crippen molar-refractivity contribution in [2.24, 2.45) is 0 Å². The van der Waals surface area contributed by atoms with Crippen LogP contribution in [-0.4, -0.2) is 5.91 Å². The zero-order valence-electron chi connectivity index (χ0n) is 15.9. The summed E-state index contributed by atoms with van der Waals surface area (Å²) < 4.78 is 13.5. The molecule has 1 aliphatic rings. The molecule has 0 N–H and O–H groups in total.